The molecule has 1 aromatic heterocycles. The second kappa shape index (κ2) is 4.69. The van der Waals surface area contributed by atoms with E-state index in [9.17, 15) is 14.9 Å². The van der Waals surface area contributed by atoms with Gasteiger partial charge in [-0.05, 0) is 36.2 Å². The highest BCUT2D eigenvalue weighted by Gasteiger charge is 2.18. The molecule has 7 nitrogen and oxygen atoms in total. The normalized spacial score (nSPS) is 12.6. The lowest BCUT2D eigenvalue weighted by molar-refractivity contribution is -0.402. The van der Waals surface area contributed by atoms with Gasteiger partial charge in [0.2, 0.25) is 0 Å². The molecule has 1 aliphatic heterocycles. The summed E-state index contributed by atoms with van der Waals surface area (Å²) in [7, 11) is 0. The van der Waals surface area contributed by atoms with Crippen molar-refractivity contribution in [2.24, 2.45) is 0 Å². The van der Waals surface area contributed by atoms with E-state index in [1.54, 1.807) is 6.07 Å². The molecule has 3 rings (SSSR count). The summed E-state index contributed by atoms with van der Waals surface area (Å²) in [5, 5.41) is 16.4. The van der Waals surface area contributed by atoms with E-state index in [1.165, 1.54) is 6.07 Å². The summed E-state index contributed by atoms with van der Waals surface area (Å²) in [6, 6.07) is 7.98. The largest absolute Gasteiger partial charge is 0.433 e. The van der Waals surface area contributed by atoms with Crippen LogP contribution in [0.3, 0.4) is 0 Å². The van der Waals surface area contributed by atoms with Gasteiger partial charge >= 0.3 is 5.88 Å². The fourth-order valence-electron chi connectivity index (χ4n) is 2.12. The van der Waals surface area contributed by atoms with Crippen LogP contribution < -0.4 is 10.6 Å². The van der Waals surface area contributed by atoms with Crippen LogP contribution in [0.4, 0.5) is 17.3 Å². The molecule has 0 atom stereocenters. The van der Waals surface area contributed by atoms with E-state index in [4.69, 9.17) is 4.42 Å². The number of furan rings is 1. The Bertz CT molecular complexity index is 693. The minimum Gasteiger partial charge on any atom is -0.395 e. The topological polar surface area (TPSA) is 97.4 Å². The van der Waals surface area contributed by atoms with E-state index in [-0.39, 0.29) is 5.76 Å². The summed E-state index contributed by atoms with van der Waals surface area (Å²) in [6.07, 6.45) is 0.908. The summed E-state index contributed by atoms with van der Waals surface area (Å²) >= 11 is 0. The Balaban J connectivity index is 1.76. The first-order chi connectivity index (χ1) is 9.63. The van der Waals surface area contributed by atoms with E-state index >= 15 is 0 Å². The Morgan fingerprint density at radius 2 is 2.20 bits per heavy atom. The predicted molar refractivity (Wildman–Crippen MR) is 72.0 cm³/mol. The third-order valence-corrected chi connectivity index (χ3v) is 3.07. The number of benzene rings is 1. The Kier molecular flexibility index (Phi) is 2.86. The minimum absolute atomic E-state index is 0.0877. The number of anilines is 2. The van der Waals surface area contributed by atoms with Crippen LogP contribution in [0.1, 0.15) is 16.1 Å². The molecule has 7 heteroatoms. The summed E-state index contributed by atoms with van der Waals surface area (Å²) in [6.45, 7) is 0.886. The highest BCUT2D eigenvalue weighted by atomic mass is 16.6. The quantitative estimate of drug-likeness (QED) is 0.661. The maximum atomic E-state index is 11.9. The van der Waals surface area contributed by atoms with Crippen LogP contribution >= 0.6 is 0 Å². The molecule has 1 amide bonds. The zero-order valence-electron chi connectivity index (χ0n) is 10.4. The van der Waals surface area contributed by atoms with E-state index < -0.39 is 16.7 Å². The molecule has 0 bridgehead atoms. The third-order valence-electron chi connectivity index (χ3n) is 3.07. The van der Waals surface area contributed by atoms with Crippen LogP contribution in [0.2, 0.25) is 0 Å². The SMILES string of the molecule is O=C(Nc1ccc2c(c1)CCN2)c1ccc([N+](=O)[O-])o1. The molecule has 0 fully saturated rings. The van der Waals surface area contributed by atoms with Gasteiger partial charge in [-0.2, -0.15) is 0 Å². The molecule has 0 radical (unpaired) electrons. The second-order valence-corrected chi connectivity index (χ2v) is 4.40. The Labute approximate surface area is 113 Å². The number of rotatable bonds is 3. The molecular weight excluding hydrogens is 262 g/mol. The van der Waals surface area contributed by atoms with Crippen LogP contribution in [0, 0.1) is 10.1 Å². The van der Waals surface area contributed by atoms with E-state index in [1.807, 2.05) is 12.1 Å². The predicted octanol–water partition coefficient (Wildman–Crippen LogP) is 2.41. The first-order valence-corrected chi connectivity index (χ1v) is 6.06. The van der Waals surface area contributed by atoms with Crippen LogP contribution in [-0.2, 0) is 6.42 Å². The van der Waals surface area contributed by atoms with E-state index in [0.717, 1.165) is 30.3 Å². The summed E-state index contributed by atoms with van der Waals surface area (Å²) in [4.78, 5) is 21.7. The summed E-state index contributed by atoms with van der Waals surface area (Å²) in [5.74, 6) is -1.05. The second-order valence-electron chi connectivity index (χ2n) is 4.40. The van der Waals surface area contributed by atoms with Crippen LogP contribution in [0.25, 0.3) is 0 Å². The highest BCUT2D eigenvalue weighted by Crippen LogP contribution is 2.25. The summed E-state index contributed by atoms with van der Waals surface area (Å²) in [5.41, 5.74) is 2.83. The number of nitro groups is 1. The number of hydrogen-bond acceptors (Lipinski definition) is 5. The Morgan fingerprint density at radius 1 is 1.35 bits per heavy atom. The molecule has 0 unspecified atom stereocenters. The Hall–Kier alpha value is -2.83. The molecule has 20 heavy (non-hydrogen) atoms. The summed E-state index contributed by atoms with van der Waals surface area (Å²) < 4.78 is 4.85. The Morgan fingerprint density at radius 3 is 2.95 bits per heavy atom. The van der Waals surface area contributed by atoms with Gasteiger partial charge in [-0.3, -0.25) is 14.9 Å². The molecule has 1 aromatic carbocycles. The van der Waals surface area contributed by atoms with E-state index in [2.05, 4.69) is 10.6 Å². The van der Waals surface area contributed by atoms with E-state index in [0.29, 0.717) is 5.69 Å². The maximum absolute atomic E-state index is 11.9. The highest BCUT2D eigenvalue weighted by molar-refractivity contribution is 6.02. The fraction of sp³-hybridized carbons (Fsp3) is 0.154. The molecular formula is C13H11N3O4. The van der Waals surface area contributed by atoms with Crippen molar-refractivity contribution in [3.8, 4) is 0 Å². The zero-order valence-corrected chi connectivity index (χ0v) is 10.4. The molecule has 2 heterocycles. The van der Waals surface area contributed by atoms with Crippen LogP contribution in [-0.4, -0.2) is 17.4 Å². The van der Waals surface area contributed by atoms with Crippen molar-refractivity contribution in [3.05, 3.63) is 51.8 Å². The lowest BCUT2D eigenvalue weighted by Crippen LogP contribution is -2.10. The monoisotopic (exact) mass is 273 g/mol. The fourth-order valence-corrected chi connectivity index (χ4v) is 2.12. The molecule has 102 valence electrons. The number of nitrogens with zero attached hydrogens (tertiary/aromatic N) is 1. The van der Waals surface area contributed by atoms with Crippen molar-refractivity contribution in [3.63, 3.8) is 0 Å². The van der Waals surface area contributed by atoms with Crippen molar-refractivity contribution in [2.45, 2.75) is 6.42 Å². The van der Waals surface area contributed by atoms with Crippen molar-refractivity contribution in [1.29, 1.82) is 0 Å². The molecule has 2 aromatic rings. The average Bonchev–Trinajstić information content (AvgIpc) is 3.07. The first-order valence-electron chi connectivity index (χ1n) is 6.06. The number of fused-ring (bicyclic) bond motifs is 1. The lowest BCUT2D eigenvalue weighted by atomic mass is 10.1. The minimum atomic E-state index is -0.683. The number of amides is 1. The number of nitrogens with one attached hydrogen (secondary N) is 2. The molecule has 0 aliphatic carbocycles. The molecule has 0 spiro atoms. The van der Waals surface area contributed by atoms with Gasteiger partial charge in [0.25, 0.3) is 5.91 Å². The number of hydrogen-bond donors (Lipinski definition) is 2. The lowest BCUT2D eigenvalue weighted by Gasteiger charge is -2.05. The van der Waals surface area contributed by atoms with Gasteiger partial charge in [-0.15, -0.1) is 0 Å². The van der Waals surface area contributed by atoms with Crippen molar-refractivity contribution in [2.75, 3.05) is 17.2 Å². The first kappa shape index (κ1) is 12.2. The van der Waals surface area contributed by atoms with Crippen molar-refractivity contribution in [1.82, 2.24) is 0 Å². The van der Waals surface area contributed by atoms with Gasteiger partial charge in [0.1, 0.15) is 4.92 Å². The van der Waals surface area contributed by atoms with Gasteiger partial charge < -0.3 is 15.1 Å². The van der Waals surface area contributed by atoms with Gasteiger partial charge in [-0.1, -0.05) is 0 Å². The maximum Gasteiger partial charge on any atom is 0.433 e. The van der Waals surface area contributed by atoms with Crippen molar-refractivity contribution >= 4 is 23.2 Å². The standard InChI is InChI=1S/C13H11N3O4/c17-13(11-3-4-12(20-11)16(18)19)15-9-1-2-10-8(7-9)5-6-14-10/h1-4,7,14H,5-6H2,(H,15,17). The van der Waals surface area contributed by atoms with Gasteiger partial charge in [0.15, 0.2) is 5.76 Å². The third kappa shape index (κ3) is 2.20. The average molecular weight is 273 g/mol. The molecule has 0 saturated heterocycles. The molecule has 0 saturated carbocycles. The number of carbonyl (C=O) groups is 1. The van der Waals surface area contributed by atoms with Crippen LogP contribution in [0.5, 0.6) is 0 Å². The van der Waals surface area contributed by atoms with Gasteiger partial charge in [-0.25, -0.2) is 0 Å². The van der Waals surface area contributed by atoms with Crippen molar-refractivity contribution < 1.29 is 14.1 Å². The molecule has 1 aliphatic rings. The van der Waals surface area contributed by atoms with Crippen LogP contribution in [0.15, 0.2) is 34.7 Å². The zero-order chi connectivity index (χ0) is 14.1. The molecule has 2 N–H and O–H groups in total. The van der Waals surface area contributed by atoms with Gasteiger partial charge in [0.05, 0.1) is 6.07 Å². The smallest absolute Gasteiger partial charge is 0.395 e. The van der Waals surface area contributed by atoms with Gasteiger partial charge in [0, 0.05) is 17.9 Å². The number of carbonyl (C=O) groups excluding carboxylic acids is 1.